The molecule has 2 aliphatic heterocycles. The van der Waals surface area contributed by atoms with Crippen molar-refractivity contribution in [3.05, 3.63) is 62.5 Å². The van der Waals surface area contributed by atoms with Crippen LogP contribution in [-0.4, -0.2) is 36.2 Å². The summed E-state index contributed by atoms with van der Waals surface area (Å²) in [6.45, 7) is 4.38. The normalized spacial score (nSPS) is 26.0. The fraction of sp³-hybridized carbons (Fsp3) is 0.455. The van der Waals surface area contributed by atoms with E-state index in [2.05, 4.69) is 74.0 Å². The second-order valence-corrected chi connectivity index (χ2v) is 9.62. The van der Waals surface area contributed by atoms with E-state index in [1.54, 1.807) is 0 Å². The molecular formula is C22H28Br2Cl2N2O2. The number of nitrogens with two attached hydrogens (primary N) is 1. The van der Waals surface area contributed by atoms with Crippen molar-refractivity contribution < 1.29 is 9.47 Å². The largest absolute Gasteiger partial charge is 0.490 e. The van der Waals surface area contributed by atoms with Crippen molar-refractivity contribution >= 4 is 56.7 Å². The van der Waals surface area contributed by atoms with E-state index in [-0.39, 0.29) is 37.0 Å². The fourth-order valence-corrected chi connectivity index (χ4v) is 5.78. The summed E-state index contributed by atoms with van der Waals surface area (Å²) in [4.78, 5) is 2.56. The monoisotopic (exact) mass is 580 g/mol. The minimum absolute atomic E-state index is 0. The van der Waals surface area contributed by atoms with Crippen LogP contribution in [0.4, 0.5) is 0 Å². The molecule has 4 nitrogen and oxygen atoms in total. The summed E-state index contributed by atoms with van der Waals surface area (Å²) < 4.78 is 14.6. The number of piperidine rings is 1. The minimum atomic E-state index is -0.0237. The smallest absolute Gasteiger partial charge is 0.124 e. The van der Waals surface area contributed by atoms with Crippen LogP contribution in [0.5, 0.6) is 5.75 Å². The van der Waals surface area contributed by atoms with Gasteiger partial charge in [-0.05, 0) is 49.6 Å². The Morgan fingerprint density at radius 2 is 1.83 bits per heavy atom. The van der Waals surface area contributed by atoms with Gasteiger partial charge in [-0.2, -0.15) is 0 Å². The Labute approximate surface area is 207 Å². The van der Waals surface area contributed by atoms with E-state index < -0.39 is 0 Å². The maximum absolute atomic E-state index is 6.44. The summed E-state index contributed by atoms with van der Waals surface area (Å²) in [7, 11) is 0. The van der Waals surface area contributed by atoms with Gasteiger partial charge in [-0.3, -0.25) is 4.90 Å². The molecule has 1 fully saturated rings. The highest BCUT2D eigenvalue weighted by Gasteiger charge is 2.39. The van der Waals surface area contributed by atoms with Gasteiger partial charge < -0.3 is 15.2 Å². The van der Waals surface area contributed by atoms with Gasteiger partial charge in [0.25, 0.3) is 0 Å². The Morgan fingerprint density at radius 3 is 2.53 bits per heavy atom. The maximum Gasteiger partial charge on any atom is 0.124 e. The third-order valence-corrected chi connectivity index (χ3v) is 6.62. The van der Waals surface area contributed by atoms with Crippen molar-refractivity contribution in [3.63, 3.8) is 0 Å². The predicted octanol–water partition coefficient (Wildman–Crippen LogP) is 5.89. The Balaban J connectivity index is 0.00000160. The first-order chi connectivity index (χ1) is 13.5. The molecule has 1 saturated heterocycles. The van der Waals surface area contributed by atoms with E-state index in [1.165, 1.54) is 5.56 Å². The zero-order valence-electron chi connectivity index (χ0n) is 16.8. The minimum Gasteiger partial charge on any atom is -0.490 e. The van der Waals surface area contributed by atoms with Crippen molar-refractivity contribution in [2.24, 2.45) is 5.73 Å². The first kappa shape index (κ1) is 25.9. The number of benzene rings is 2. The molecule has 166 valence electrons. The van der Waals surface area contributed by atoms with Crippen LogP contribution >= 0.6 is 56.7 Å². The van der Waals surface area contributed by atoms with E-state index >= 15 is 0 Å². The molecule has 0 amide bonds. The molecule has 0 radical (unpaired) electrons. The lowest BCUT2D eigenvalue weighted by Crippen LogP contribution is -2.52. The molecule has 0 bridgehead atoms. The average Bonchev–Trinajstić information content (AvgIpc) is 2.66. The van der Waals surface area contributed by atoms with Crippen LogP contribution in [-0.2, 0) is 11.3 Å². The number of hydrogen-bond donors (Lipinski definition) is 1. The number of fused-ring (bicyclic) bond motifs is 1. The number of rotatable bonds is 4. The van der Waals surface area contributed by atoms with Crippen LogP contribution in [0.2, 0.25) is 0 Å². The number of hydrogen-bond acceptors (Lipinski definition) is 4. The average molecular weight is 583 g/mol. The standard InChI is InChI=1S/C22H26Br2N2O2.2ClH/c1-14-8-18(25)6-7-26(14)22-19-4-2-3-5-20(19)28-13-21(22)27-12-15-9-16(23)11-17(24)10-15;;/h2-5,9-11,14,18,21-22H,6-8,12-13,25H2,1H3;2*1H/t14-,18+,21?,22?;;/m0../s1. The number of nitrogens with zero attached hydrogens (tertiary/aromatic N) is 1. The number of likely N-dealkylation sites (tertiary alicyclic amines) is 1. The number of para-hydroxylation sites is 1. The third kappa shape index (κ3) is 5.91. The summed E-state index contributed by atoms with van der Waals surface area (Å²) in [6, 6.07) is 15.5. The Kier molecular flexibility index (Phi) is 9.94. The van der Waals surface area contributed by atoms with Gasteiger partial charge in [0.2, 0.25) is 0 Å². The molecule has 0 aliphatic carbocycles. The second-order valence-electron chi connectivity index (χ2n) is 7.79. The molecule has 0 aromatic heterocycles. The van der Waals surface area contributed by atoms with Gasteiger partial charge in [0.1, 0.15) is 18.5 Å². The Hall–Kier alpha value is -0.340. The second kappa shape index (κ2) is 11.5. The lowest BCUT2D eigenvalue weighted by atomic mass is 9.90. The van der Waals surface area contributed by atoms with Crippen LogP contribution in [0.15, 0.2) is 51.4 Å². The molecule has 2 aromatic rings. The topological polar surface area (TPSA) is 47.7 Å². The van der Waals surface area contributed by atoms with E-state index in [4.69, 9.17) is 15.2 Å². The van der Waals surface area contributed by atoms with Gasteiger partial charge in [0.15, 0.2) is 0 Å². The van der Waals surface area contributed by atoms with Gasteiger partial charge in [0, 0.05) is 33.1 Å². The summed E-state index contributed by atoms with van der Waals surface area (Å²) in [5, 5.41) is 0. The molecule has 4 rings (SSSR count). The number of halogens is 4. The van der Waals surface area contributed by atoms with E-state index in [1.807, 2.05) is 12.1 Å². The van der Waals surface area contributed by atoms with Gasteiger partial charge in [-0.1, -0.05) is 50.1 Å². The van der Waals surface area contributed by atoms with Gasteiger partial charge in [0.05, 0.1) is 12.6 Å². The molecule has 30 heavy (non-hydrogen) atoms. The van der Waals surface area contributed by atoms with Crippen molar-refractivity contribution in [1.29, 1.82) is 0 Å². The molecule has 0 spiro atoms. The molecule has 2 aromatic carbocycles. The highest BCUT2D eigenvalue weighted by molar-refractivity contribution is 9.11. The highest BCUT2D eigenvalue weighted by Crippen LogP contribution is 2.40. The first-order valence-electron chi connectivity index (χ1n) is 9.81. The fourth-order valence-electron chi connectivity index (χ4n) is 4.39. The van der Waals surface area contributed by atoms with Crippen molar-refractivity contribution in [1.82, 2.24) is 4.90 Å². The van der Waals surface area contributed by atoms with Crippen LogP contribution in [0.25, 0.3) is 0 Å². The zero-order valence-corrected chi connectivity index (χ0v) is 21.6. The van der Waals surface area contributed by atoms with E-state index in [0.29, 0.717) is 25.3 Å². The molecule has 8 heteroatoms. The summed E-state index contributed by atoms with van der Waals surface area (Å²) >= 11 is 7.12. The molecule has 2 heterocycles. The van der Waals surface area contributed by atoms with Crippen molar-refractivity contribution in [3.8, 4) is 5.75 Å². The summed E-state index contributed by atoms with van der Waals surface area (Å²) in [5.74, 6) is 0.972. The Morgan fingerprint density at radius 1 is 1.13 bits per heavy atom. The molecule has 2 aliphatic rings. The quantitative estimate of drug-likeness (QED) is 0.489. The van der Waals surface area contributed by atoms with Crippen molar-refractivity contribution in [2.45, 2.75) is 50.6 Å². The molecule has 4 atom stereocenters. The molecule has 0 saturated carbocycles. The lowest BCUT2D eigenvalue weighted by molar-refractivity contribution is -0.0749. The molecule has 2 unspecified atom stereocenters. The highest BCUT2D eigenvalue weighted by atomic mass is 79.9. The lowest BCUT2D eigenvalue weighted by Gasteiger charge is -2.46. The van der Waals surface area contributed by atoms with Crippen LogP contribution in [0, 0.1) is 0 Å². The van der Waals surface area contributed by atoms with Gasteiger partial charge in [-0.15, -0.1) is 24.8 Å². The van der Waals surface area contributed by atoms with Crippen LogP contribution in [0.3, 0.4) is 0 Å². The first-order valence-corrected chi connectivity index (χ1v) is 11.4. The molecular weight excluding hydrogens is 555 g/mol. The third-order valence-electron chi connectivity index (χ3n) is 5.70. The van der Waals surface area contributed by atoms with Crippen molar-refractivity contribution in [2.75, 3.05) is 13.2 Å². The van der Waals surface area contributed by atoms with Gasteiger partial charge >= 0.3 is 0 Å². The van der Waals surface area contributed by atoms with E-state index in [0.717, 1.165) is 39.6 Å². The maximum atomic E-state index is 6.44. The number of ether oxygens (including phenoxy) is 2. The summed E-state index contributed by atoms with van der Waals surface area (Å²) in [6.07, 6.45) is 2.02. The van der Waals surface area contributed by atoms with Gasteiger partial charge in [-0.25, -0.2) is 0 Å². The van der Waals surface area contributed by atoms with Crippen LogP contribution < -0.4 is 10.5 Å². The van der Waals surface area contributed by atoms with E-state index in [9.17, 15) is 0 Å². The SMILES string of the molecule is C[C@H]1C[C@H](N)CCN1C1c2ccccc2OCC1OCc1cc(Br)cc(Br)c1.Cl.Cl. The predicted molar refractivity (Wildman–Crippen MR) is 133 cm³/mol. The molecule has 2 N–H and O–H groups in total. The zero-order chi connectivity index (χ0) is 19.7. The summed E-state index contributed by atoms with van der Waals surface area (Å²) in [5.41, 5.74) is 8.57. The Bertz CT molecular complexity index is 822. The van der Waals surface area contributed by atoms with Crippen LogP contribution in [0.1, 0.15) is 36.9 Å².